The molecule has 1 spiro atoms. The molecule has 0 bridgehead atoms. The lowest BCUT2D eigenvalue weighted by atomic mass is 9.54. The average Bonchev–Trinajstić information content (AvgIpc) is 3.16. The number of carbonyl (C=O) groups is 2. The zero-order chi connectivity index (χ0) is 24.6. The molecule has 178 valence electrons. The van der Waals surface area contributed by atoms with E-state index in [2.05, 4.69) is 0 Å². The molecule has 1 fully saturated rings. The smallest absolute Gasteiger partial charge is 0.260 e. The Labute approximate surface area is 205 Å². The van der Waals surface area contributed by atoms with E-state index in [4.69, 9.17) is 14.6 Å². The molecule has 1 heterocycles. The summed E-state index contributed by atoms with van der Waals surface area (Å²) in [6.07, 6.45) is 0.518. The van der Waals surface area contributed by atoms with Gasteiger partial charge in [0.05, 0.1) is 25.6 Å². The van der Waals surface area contributed by atoms with Crippen molar-refractivity contribution in [2.45, 2.75) is 31.6 Å². The first kappa shape index (κ1) is 22.8. The van der Waals surface area contributed by atoms with Gasteiger partial charge in [-0.15, -0.1) is 0 Å². The normalized spacial score (nSPS) is 21.2. The summed E-state index contributed by atoms with van der Waals surface area (Å²) in [4.78, 5) is 27.7. The van der Waals surface area contributed by atoms with Crippen molar-refractivity contribution in [1.82, 2.24) is 0 Å². The number of para-hydroxylation sites is 1. The summed E-state index contributed by atoms with van der Waals surface area (Å²) in [7, 11) is 3.23. The Morgan fingerprint density at radius 2 is 1.34 bits per heavy atom. The molecule has 1 aliphatic heterocycles. The number of hydrogen-bond acceptors (Lipinski definition) is 5. The quantitative estimate of drug-likeness (QED) is 0.507. The molecule has 0 aromatic heterocycles. The number of ketones is 1. The van der Waals surface area contributed by atoms with Gasteiger partial charge in [-0.3, -0.25) is 9.59 Å². The highest BCUT2D eigenvalue weighted by molar-refractivity contribution is 6.21. The van der Waals surface area contributed by atoms with Gasteiger partial charge in [0, 0.05) is 24.7 Å². The molecule has 35 heavy (non-hydrogen) atoms. The lowest BCUT2D eigenvalue weighted by molar-refractivity contribution is -0.131. The van der Waals surface area contributed by atoms with Crippen molar-refractivity contribution in [3.05, 3.63) is 90.0 Å². The Morgan fingerprint density at radius 1 is 0.800 bits per heavy atom. The Kier molecular flexibility index (Phi) is 5.89. The third kappa shape index (κ3) is 3.70. The van der Waals surface area contributed by atoms with E-state index in [1.165, 1.54) is 5.01 Å². The minimum Gasteiger partial charge on any atom is -0.497 e. The van der Waals surface area contributed by atoms with Gasteiger partial charge in [0.1, 0.15) is 22.7 Å². The number of methoxy groups -OCH3 is 2. The maximum Gasteiger partial charge on any atom is 0.260 e. The minimum absolute atomic E-state index is 0.116. The standard InChI is InChI=1S/C29H28N2O4/c1-19-29(28(33)31(30-19)22-11-5-4-6-12-22)26(20-9-7-13-24(15-20)34-2)17-23(32)18-27(29)21-10-8-14-25(16-21)35-3/h4-16,26-27H,17-18H2,1-3H3/t26-,27-/m1/s1. The number of Topliss-reactive ketones (excluding diaryl/α,β-unsaturated/α-hetero) is 1. The molecular formula is C29H28N2O4. The van der Waals surface area contributed by atoms with Crippen LogP contribution in [0.4, 0.5) is 5.69 Å². The maximum absolute atomic E-state index is 14.5. The van der Waals surface area contributed by atoms with E-state index in [1.807, 2.05) is 85.8 Å². The number of carbonyl (C=O) groups excluding carboxylic acids is 2. The van der Waals surface area contributed by atoms with Gasteiger partial charge in [-0.2, -0.15) is 10.1 Å². The lowest BCUT2D eigenvalue weighted by Crippen LogP contribution is -2.52. The van der Waals surface area contributed by atoms with Crippen LogP contribution in [0, 0.1) is 5.41 Å². The van der Waals surface area contributed by atoms with E-state index in [0.717, 1.165) is 11.1 Å². The van der Waals surface area contributed by atoms with Gasteiger partial charge in [0.25, 0.3) is 5.91 Å². The zero-order valence-corrected chi connectivity index (χ0v) is 20.1. The third-order valence-corrected chi connectivity index (χ3v) is 7.35. The van der Waals surface area contributed by atoms with Crippen LogP contribution < -0.4 is 14.5 Å². The number of anilines is 1. The van der Waals surface area contributed by atoms with E-state index < -0.39 is 5.41 Å². The molecule has 1 aliphatic carbocycles. The van der Waals surface area contributed by atoms with Gasteiger partial charge in [-0.25, -0.2) is 0 Å². The highest BCUT2D eigenvalue weighted by Gasteiger charge is 2.62. The number of ether oxygens (including phenoxy) is 2. The summed E-state index contributed by atoms with van der Waals surface area (Å²) >= 11 is 0. The van der Waals surface area contributed by atoms with Crippen molar-refractivity contribution < 1.29 is 19.1 Å². The number of hydrogen-bond donors (Lipinski definition) is 0. The number of benzene rings is 3. The molecule has 3 aromatic rings. The Hall–Kier alpha value is -3.93. The number of nitrogens with zero attached hydrogens (tertiary/aromatic N) is 2. The molecule has 1 amide bonds. The van der Waals surface area contributed by atoms with Crippen LogP contribution >= 0.6 is 0 Å². The van der Waals surface area contributed by atoms with Crippen molar-refractivity contribution in [3.63, 3.8) is 0 Å². The molecule has 0 saturated heterocycles. The molecule has 5 rings (SSSR count). The highest BCUT2D eigenvalue weighted by atomic mass is 16.5. The summed E-state index contributed by atoms with van der Waals surface area (Å²) in [5, 5.41) is 6.31. The summed E-state index contributed by atoms with van der Waals surface area (Å²) in [5.74, 6) is 0.603. The van der Waals surface area contributed by atoms with Crippen molar-refractivity contribution >= 4 is 23.1 Å². The maximum atomic E-state index is 14.5. The largest absolute Gasteiger partial charge is 0.497 e. The topological polar surface area (TPSA) is 68.2 Å². The van der Waals surface area contributed by atoms with Crippen LogP contribution in [0.5, 0.6) is 11.5 Å². The average molecular weight is 469 g/mol. The minimum atomic E-state index is -1.03. The summed E-state index contributed by atoms with van der Waals surface area (Å²) in [6, 6.07) is 24.8. The predicted octanol–water partition coefficient (Wildman–Crippen LogP) is 5.34. The predicted molar refractivity (Wildman–Crippen MR) is 135 cm³/mol. The SMILES string of the molecule is COc1cccc([C@H]2CC(=O)C[C@H](c3cccc(OC)c3)C23C(=O)N(c2ccccc2)N=C3C)c1. The van der Waals surface area contributed by atoms with Crippen LogP contribution in [-0.2, 0) is 9.59 Å². The van der Waals surface area contributed by atoms with Crippen LogP contribution in [0.2, 0.25) is 0 Å². The Morgan fingerprint density at radius 3 is 1.86 bits per heavy atom. The van der Waals surface area contributed by atoms with Crippen LogP contribution in [0.15, 0.2) is 84.0 Å². The van der Waals surface area contributed by atoms with Crippen LogP contribution in [0.1, 0.15) is 42.7 Å². The molecule has 0 N–H and O–H groups in total. The zero-order valence-electron chi connectivity index (χ0n) is 20.1. The van der Waals surface area contributed by atoms with Gasteiger partial charge in [0.2, 0.25) is 0 Å². The van der Waals surface area contributed by atoms with Gasteiger partial charge in [-0.1, -0.05) is 42.5 Å². The molecular weight excluding hydrogens is 440 g/mol. The van der Waals surface area contributed by atoms with Crippen LogP contribution in [0.3, 0.4) is 0 Å². The van der Waals surface area contributed by atoms with E-state index in [0.29, 0.717) is 22.9 Å². The fourth-order valence-electron chi connectivity index (χ4n) is 5.74. The summed E-state index contributed by atoms with van der Waals surface area (Å²) < 4.78 is 11.0. The molecule has 0 unspecified atom stereocenters. The molecule has 6 heteroatoms. The Bertz CT molecular complexity index is 1240. The third-order valence-electron chi connectivity index (χ3n) is 7.35. The number of rotatable bonds is 5. The summed E-state index contributed by atoms with van der Waals surface area (Å²) in [6.45, 7) is 1.91. The highest BCUT2D eigenvalue weighted by Crippen LogP contribution is 2.58. The van der Waals surface area contributed by atoms with E-state index in [-0.39, 0.29) is 36.4 Å². The van der Waals surface area contributed by atoms with E-state index in [1.54, 1.807) is 14.2 Å². The second-order valence-corrected chi connectivity index (χ2v) is 9.11. The lowest BCUT2D eigenvalue weighted by Gasteiger charge is -2.46. The number of hydrazone groups is 1. The summed E-state index contributed by atoms with van der Waals surface area (Å²) in [5.41, 5.74) is 2.17. The monoisotopic (exact) mass is 468 g/mol. The van der Waals surface area contributed by atoms with Crippen molar-refractivity contribution in [1.29, 1.82) is 0 Å². The van der Waals surface area contributed by atoms with Crippen molar-refractivity contribution in [2.24, 2.45) is 10.5 Å². The van der Waals surface area contributed by atoms with Crippen LogP contribution in [0.25, 0.3) is 0 Å². The van der Waals surface area contributed by atoms with Gasteiger partial charge >= 0.3 is 0 Å². The molecule has 2 atom stereocenters. The van der Waals surface area contributed by atoms with Gasteiger partial charge in [-0.05, 0) is 54.4 Å². The second kappa shape index (κ2) is 9.02. The molecule has 1 saturated carbocycles. The first-order valence-corrected chi connectivity index (χ1v) is 11.7. The first-order valence-electron chi connectivity index (χ1n) is 11.7. The first-order chi connectivity index (χ1) is 17.0. The van der Waals surface area contributed by atoms with Gasteiger partial charge in [0.15, 0.2) is 0 Å². The molecule has 2 aliphatic rings. The van der Waals surface area contributed by atoms with Gasteiger partial charge < -0.3 is 9.47 Å². The van der Waals surface area contributed by atoms with E-state index >= 15 is 0 Å². The molecule has 0 radical (unpaired) electrons. The fourth-order valence-corrected chi connectivity index (χ4v) is 5.74. The molecule has 6 nitrogen and oxygen atoms in total. The molecule has 3 aromatic carbocycles. The van der Waals surface area contributed by atoms with Crippen molar-refractivity contribution in [3.8, 4) is 11.5 Å². The van der Waals surface area contributed by atoms with Crippen LogP contribution in [-0.4, -0.2) is 31.6 Å². The van der Waals surface area contributed by atoms with Crippen molar-refractivity contribution in [2.75, 3.05) is 19.2 Å². The second-order valence-electron chi connectivity index (χ2n) is 9.11. The van der Waals surface area contributed by atoms with E-state index in [9.17, 15) is 9.59 Å². The number of amides is 1. The fraction of sp³-hybridized carbons (Fsp3) is 0.276. The Balaban J connectivity index is 1.73.